The zero-order valence-corrected chi connectivity index (χ0v) is 8.16. The molecule has 2 nitrogen and oxygen atoms in total. The lowest BCUT2D eigenvalue weighted by atomic mass is 10.00. The van der Waals surface area contributed by atoms with Gasteiger partial charge < -0.3 is 4.79 Å². The average Bonchev–Trinajstić information content (AvgIpc) is 2.15. The highest BCUT2D eigenvalue weighted by Crippen LogP contribution is 2.17. The van der Waals surface area contributed by atoms with Crippen molar-refractivity contribution in [1.29, 1.82) is 0 Å². The summed E-state index contributed by atoms with van der Waals surface area (Å²) < 4.78 is 0. The molecule has 0 N–H and O–H groups in total. The zero-order chi connectivity index (χ0) is 9.68. The number of hydrogen-bond donors (Lipinski definition) is 0. The van der Waals surface area contributed by atoms with Crippen LogP contribution in [0.5, 0.6) is 0 Å². The van der Waals surface area contributed by atoms with Gasteiger partial charge in [0.25, 0.3) is 0 Å². The molecule has 2 heteroatoms. The van der Waals surface area contributed by atoms with Gasteiger partial charge in [0.1, 0.15) is 5.78 Å². The first-order chi connectivity index (χ1) is 6.20. The van der Waals surface area contributed by atoms with Gasteiger partial charge in [-0.3, -0.25) is 4.98 Å². The highest BCUT2D eigenvalue weighted by molar-refractivity contribution is 5.75. The normalized spacial score (nSPS) is 12.5. The van der Waals surface area contributed by atoms with Crippen molar-refractivity contribution in [2.45, 2.75) is 32.6 Å². The van der Waals surface area contributed by atoms with E-state index < -0.39 is 0 Å². The van der Waals surface area contributed by atoms with E-state index in [9.17, 15) is 4.79 Å². The minimum absolute atomic E-state index is 0.253. The second-order valence-corrected chi connectivity index (χ2v) is 3.40. The molecule has 0 spiro atoms. The van der Waals surface area contributed by atoms with Gasteiger partial charge >= 0.3 is 0 Å². The number of rotatable bonds is 4. The lowest BCUT2D eigenvalue weighted by molar-refractivity contribution is -0.117. The van der Waals surface area contributed by atoms with Crippen LogP contribution in [-0.2, 0) is 4.79 Å². The van der Waals surface area contributed by atoms with Crippen LogP contribution in [0.2, 0.25) is 0 Å². The van der Waals surface area contributed by atoms with E-state index in [-0.39, 0.29) is 5.78 Å². The molecule has 1 atom stereocenters. The number of Topliss-reactive ketones (excluding diaryl/α,β-unsaturated/α-hetero) is 1. The summed E-state index contributed by atoms with van der Waals surface area (Å²) in [4.78, 5) is 15.0. The largest absolute Gasteiger partial charge is 0.300 e. The fraction of sp³-hybridized carbons (Fsp3) is 0.455. The van der Waals surface area contributed by atoms with Crippen molar-refractivity contribution in [2.75, 3.05) is 0 Å². The Morgan fingerprint density at radius 2 is 2.31 bits per heavy atom. The molecule has 13 heavy (non-hydrogen) atoms. The van der Waals surface area contributed by atoms with E-state index in [2.05, 4.69) is 11.9 Å². The van der Waals surface area contributed by atoms with Gasteiger partial charge in [-0.1, -0.05) is 13.0 Å². The van der Waals surface area contributed by atoms with Crippen LogP contribution in [0.25, 0.3) is 0 Å². The molecule has 0 fully saturated rings. The first-order valence-corrected chi connectivity index (χ1v) is 4.60. The Hall–Kier alpha value is -1.18. The monoisotopic (exact) mass is 177 g/mol. The van der Waals surface area contributed by atoms with Crippen molar-refractivity contribution in [2.24, 2.45) is 0 Å². The van der Waals surface area contributed by atoms with Crippen molar-refractivity contribution < 1.29 is 4.79 Å². The fourth-order valence-electron chi connectivity index (χ4n) is 1.24. The quantitative estimate of drug-likeness (QED) is 0.707. The molecule has 0 aliphatic heterocycles. The Labute approximate surface area is 79.0 Å². The van der Waals surface area contributed by atoms with Gasteiger partial charge in [0, 0.05) is 18.3 Å². The SMILES string of the molecule is CC(=O)CCC(C)c1ccccn1. The third-order valence-corrected chi connectivity index (χ3v) is 2.12. The van der Waals surface area contributed by atoms with Crippen molar-refractivity contribution >= 4 is 5.78 Å². The predicted octanol–water partition coefficient (Wildman–Crippen LogP) is 2.55. The first kappa shape index (κ1) is 9.90. The maximum atomic E-state index is 10.8. The lowest BCUT2D eigenvalue weighted by Gasteiger charge is -2.08. The summed E-state index contributed by atoms with van der Waals surface area (Å²) in [6.07, 6.45) is 3.34. The topological polar surface area (TPSA) is 30.0 Å². The van der Waals surface area contributed by atoms with E-state index >= 15 is 0 Å². The summed E-state index contributed by atoms with van der Waals surface area (Å²) >= 11 is 0. The van der Waals surface area contributed by atoms with Crippen LogP contribution in [0.4, 0.5) is 0 Å². The summed E-state index contributed by atoms with van der Waals surface area (Å²) in [7, 11) is 0. The molecule has 0 amide bonds. The first-order valence-electron chi connectivity index (χ1n) is 4.60. The van der Waals surface area contributed by atoms with Crippen LogP contribution in [0.15, 0.2) is 24.4 Å². The van der Waals surface area contributed by atoms with Crippen LogP contribution in [0.1, 0.15) is 38.3 Å². The number of nitrogens with zero attached hydrogens (tertiary/aromatic N) is 1. The van der Waals surface area contributed by atoms with E-state index in [1.807, 2.05) is 18.2 Å². The van der Waals surface area contributed by atoms with Crippen molar-refractivity contribution in [3.63, 3.8) is 0 Å². The summed E-state index contributed by atoms with van der Waals surface area (Å²) in [6.45, 7) is 3.73. The maximum absolute atomic E-state index is 10.8. The van der Waals surface area contributed by atoms with Crippen molar-refractivity contribution in [1.82, 2.24) is 4.98 Å². The zero-order valence-electron chi connectivity index (χ0n) is 8.16. The molecule has 1 heterocycles. The molecule has 0 aliphatic rings. The molecule has 70 valence electrons. The molecule has 0 radical (unpaired) electrons. The number of carbonyl (C=O) groups is 1. The van der Waals surface area contributed by atoms with Gasteiger partial charge in [-0.25, -0.2) is 0 Å². The van der Waals surface area contributed by atoms with Crippen LogP contribution < -0.4 is 0 Å². The van der Waals surface area contributed by atoms with Gasteiger partial charge in [-0.2, -0.15) is 0 Å². The van der Waals surface area contributed by atoms with Crippen LogP contribution in [0.3, 0.4) is 0 Å². The summed E-state index contributed by atoms with van der Waals surface area (Å²) in [5, 5.41) is 0. The molecule has 0 aliphatic carbocycles. The molecule has 0 saturated carbocycles. The van der Waals surface area contributed by atoms with E-state index in [0.717, 1.165) is 12.1 Å². The number of hydrogen-bond acceptors (Lipinski definition) is 2. The van der Waals surface area contributed by atoms with Crippen LogP contribution in [0, 0.1) is 0 Å². The molecule has 1 aromatic rings. The highest BCUT2D eigenvalue weighted by Gasteiger charge is 2.06. The Kier molecular flexibility index (Phi) is 3.62. The molecule has 0 bridgehead atoms. The molecule has 0 saturated heterocycles. The Morgan fingerprint density at radius 3 is 2.85 bits per heavy atom. The Morgan fingerprint density at radius 1 is 1.54 bits per heavy atom. The number of ketones is 1. The minimum Gasteiger partial charge on any atom is -0.300 e. The number of carbonyl (C=O) groups excluding carboxylic acids is 1. The van der Waals surface area contributed by atoms with E-state index in [1.54, 1.807) is 13.1 Å². The highest BCUT2D eigenvalue weighted by atomic mass is 16.1. The smallest absolute Gasteiger partial charge is 0.129 e. The lowest BCUT2D eigenvalue weighted by Crippen LogP contribution is -1.99. The molecule has 0 aromatic carbocycles. The predicted molar refractivity (Wildman–Crippen MR) is 52.6 cm³/mol. The summed E-state index contributed by atoms with van der Waals surface area (Å²) in [5.41, 5.74) is 1.07. The second kappa shape index (κ2) is 4.75. The van der Waals surface area contributed by atoms with E-state index in [1.165, 1.54) is 0 Å². The van der Waals surface area contributed by atoms with Gasteiger partial charge in [0.2, 0.25) is 0 Å². The number of pyridine rings is 1. The third kappa shape index (κ3) is 3.36. The summed E-state index contributed by atoms with van der Waals surface area (Å²) in [6, 6.07) is 5.89. The molecule has 1 aromatic heterocycles. The Bertz CT molecular complexity index is 269. The van der Waals surface area contributed by atoms with Gasteiger partial charge in [0.05, 0.1) is 0 Å². The van der Waals surface area contributed by atoms with Gasteiger partial charge in [-0.15, -0.1) is 0 Å². The second-order valence-electron chi connectivity index (χ2n) is 3.40. The minimum atomic E-state index is 0.253. The molecular formula is C11H15NO. The number of aromatic nitrogens is 1. The van der Waals surface area contributed by atoms with Crippen molar-refractivity contribution in [3.8, 4) is 0 Å². The van der Waals surface area contributed by atoms with Gasteiger partial charge in [-0.05, 0) is 31.4 Å². The maximum Gasteiger partial charge on any atom is 0.129 e. The third-order valence-electron chi connectivity index (χ3n) is 2.12. The van der Waals surface area contributed by atoms with Crippen molar-refractivity contribution in [3.05, 3.63) is 30.1 Å². The van der Waals surface area contributed by atoms with Crippen LogP contribution >= 0.6 is 0 Å². The fourth-order valence-corrected chi connectivity index (χ4v) is 1.24. The van der Waals surface area contributed by atoms with E-state index in [4.69, 9.17) is 0 Å². The van der Waals surface area contributed by atoms with Gasteiger partial charge in [0.15, 0.2) is 0 Å². The Balaban J connectivity index is 2.49. The van der Waals surface area contributed by atoms with Crippen LogP contribution in [-0.4, -0.2) is 10.8 Å². The average molecular weight is 177 g/mol. The molecule has 1 unspecified atom stereocenters. The summed E-state index contributed by atoms with van der Waals surface area (Å²) in [5.74, 6) is 0.632. The molecule has 1 rings (SSSR count). The standard InChI is InChI=1S/C11H15NO/c1-9(6-7-10(2)13)11-5-3-4-8-12-11/h3-5,8-9H,6-7H2,1-2H3. The molecular weight excluding hydrogens is 162 g/mol. The van der Waals surface area contributed by atoms with E-state index in [0.29, 0.717) is 12.3 Å².